The Morgan fingerprint density at radius 2 is 1.92 bits per heavy atom. The van der Waals surface area contributed by atoms with E-state index in [9.17, 15) is 4.79 Å². The van der Waals surface area contributed by atoms with Gasteiger partial charge in [-0.25, -0.2) is 14.5 Å². The molecule has 4 fully saturated rings. The second-order valence-corrected chi connectivity index (χ2v) is 8.33. The molecule has 6 rings (SSSR count). The molecular weight excluding hydrogens is 330 g/mol. The Hall–Kier alpha value is -2.51. The summed E-state index contributed by atoms with van der Waals surface area (Å²) in [7, 11) is 0. The first kappa shape index (κ1) is 15.7. The third-order valence-corrected chi connectivity index (χ3v) is 6.22. The summed E-state index contributed by atoms with van der Waals surface area (Å²) >= 11 is 0. The first-order valence-corrected chi connectivity index (χ1v) is 9.41. The lowest BCUT2D eigenvalue weighted by Crippen LogP contribution is -2.60. The molecule has 2 heterocycles. The lowest BCUT2D eigenvalue weighted by Gasteiger charge is -2.56. The van der Waals surface area contributed by atoms with Crippen LogP contribution in [0.15, 0.2) is 24.7 Å². The molecule has 8 nitrogen and oxygen atoms in total. The molecule has 0 aromatic carbocycles. The third-order valence-electron chi connectivity index (χ3n) is 6.22. The molecule has 136 valence electrons. The number of tetrazole rings is 1. The van der Waals surface area contributed by atoms with E-state index in [-0.39, 0.29) is 11.6 Å². The Balaban J connectivity index is 1.25. The minimum absolute atomic E-state index is 0.00282. The number of amides is 2. The van der Waals surface area contributed by atoms with E-state index < -0.39 is 0 Å². The fraction of sp³-hybridized carbons (Fsp3) is 0.611. The average Bonchev–Trinajstić information content (AvgIpc) is 3.06. The predicted molar refractivity (Wildman–Crippen MR) is 94.2 cm³/mol. The highest BCUT2D eigenvalue weighted by molar-refractivity contribution is 5.88. The number of hydrogen-bond acceptors (Lipinski definition) is 5. The summed E-state index contributed by atoms with van der Waals surface area (Å²) in [6.45, 7) is 0.542. The molecule has 4 bridgehead atoms. The number of pyridine rings is 1. The normalized spacial score (nSPS) is 31.8. The summed E-state index contributed by atoms with van der Waals surface area (Å²) in [5, 5.41) is 17.3. The maximum absolute atomic E-state index is 12.6. The van der Waals surface area contributed by atoms with Gasteiger partial charge in [0.15, 0.2) is 0 Å². The Labute approximate surface area is 151 Å². The van der Waals surface area contributed by atoms with Crippen molar-refractivity contribution in [3.05, 3.63) is 30.2 Å². The lowest BCUT2D eigenvalue weighted by molar-refractivity contribution is -0.0127. The molecule has 0 radical (unpaired) electrons. The van der Waals surface area contributed by atoms with E-state index in [1.54, 1.807) is 17.2 Å². The predicted octanol–water partition coefficient (Wildman–Crippen LogP) is 2.21. The van der Waals surface area contributed by atoms with E-state index in [1.807, 2.05) is 12.1 Å². The van der Waals surface area contributed by atoms with Crippen LogP contribution in [0.4, 0.5) is 10.6 Å². The van der Waals surface area contributed by atoms with Gasteiger partial charge in [0.1, 0.15) is 12.1 Å². The molecular formula is C18H23N7O. The van der Waals surface area contributed by atoms with Gasteiger partial charge in [-0.15, -0.1) is 5.10 Å². The van der Waals surface area contributed by atoms with E-state index in [2.05, 4.69) is 31.1 Å². The summed E-state index contributed by atoms with van der Waals surface area (Å²) in [4.78, 5) is 16.9. The molecule has 2 aromatic heterocycles. The van der Waals surface area contributed by atoms with Crippen LogP contribution in [0.2, 0.25) is 0 Å². The summed E-state index contributed by atoms with van der Waals surface area (Å²) in [5.74, 6) is 2.97. The van der Waals surface area contributed by atoms with Gasteiger partial charge in [-0.3, -0.25) is 5.32 Å². The second-order valence-electron chi connectivity index (χ2n) is 8.33. The molecule has 4 aliphatic carbocycles. The van der Waals surface area contributed by atoms with Crippen molar-refractivity contribution in [1.29, 1.82) is 0 Å². The molecule has 0 aliphatic heterocycles. The van der Waals surface area contributed by atoms with Crippen LogP contribution in [0, 0.1) is 17.8 Å². The standard InChI is InChI=1S/C18H23N7O/c26-17(22-18-7-13-3-14(8-18)5-15(4-13)9-18)21-16-6-12(1-2-19-16)10-25-11-20-23-24-25/h1-2,6,11,13-15H,3-5,7-10H2,(H2,19,21,22,26). The minimum atomic E-state index is -0.140. The van der Waals surface area contributed by atoms with Gasteiger partial charge in [0, 0.05) is 11.7 Å². The topological polar surface area (TPSA) is 97.6 Å². The molecule has 2 amide bonds. The maximum atomic E-state index is 12.6. The largest absolute Gasteiger partial charge is 0.332 e. The number of carbonyl (C=O) groups is 1. The van der Waals surface area contributed by atoms with E-state index in [4.69, 9.17) is 0 Å². The maximum Gasteiger partial charge on any atom is 0.320 e. The number of nitrogens with zero attached hydrogens (tertiary/aromatic N) is 5. The lowest BCUT2D eigenvalue weighted by atomic mass is 9.53. The van der Waals surface area contributed by atoms with E-state index in [1.165, 1.54) is 19.3 Å². The Kier molecular flexibility index (Phi) is 3.65. The molecule has 4 aliphatic rings. The average molecular weight is 353 g/mol. The number of carbonyl (C=O) groups excluding carboxylic acids is 1. The molecule has 26 heavy (non-hydrogen) atoms. The summed E-state index contributed by atoms with van der Waals surface area (Å²) in [6.07, 6.45) is 10.8. The van der Waals surface area contributed by atoms with Crippen LogP contribution in [-0.2, 0) is 6.54 Å². The smallest absolute Gasteiger partial charge is 0.320 e. The zero-order valence-electron chi connectivity index (χ0n) is 14.6. The highest BCUT2D eigenvalue weighted by atomic mass is 16.2. The highest BCUT2D eigenvalue weighted by Crippen LogP contribution is 2.55. The van der Waals surface area contributed by atoms with Crippen LogP contribution in [0.25, 0.3) is 0 Å². The summed E-state index contributed by atoms with van der Waals surface area (Å²) < 4.78 is 1.63. The SMILES string of the molecule is O=C(Nc1cc(Cn2cnnn2)ccn1)NC12CC3CC(CC(C3)C1)C2. The van der Waals surface area contributed by atoms with Crippen molar-refractivity contribution in [3.63, 3.8) is 0 Å². The van der Waals surface area contributed by atoms with E-state index in [0.29, 0.717) is 12.4 Å². The first-order chi connectivity index (χ1) is 12.7. The van der Waals surface area contributed by atoms with Crippen molar-refractivity contribution in [3.8, 4) is 0 Å². The number of urea groups is 1. The van der Waals surface area contributed by atoms with Crippen molar-refractivity contribution in [2.75, 3.05) is 5.32 Å². The van der Waals surface area contributed by atoms with Crippen LogP contribution in [0.5, 0.6) is 0 Å². The van der Waals surface area contributed by atoms with Gasteiger partial charge in [-0.2, -0.15) is 0 Å². The van der Waals surface area contributed by atoms with Gasteiger partial charge in [0.25, 0.3) is 0 Å². The molecule has 4 saturated carbocycles. The van der Waals surface area contributed by atoms with Gasteiger partial charge in [0.2, 0.25) is 0 Å². The minimum Gasteiger partial charge on any atom is -0.332 e. The van der Waals surface area contributed by atoms with E-state index in [0.717, 1.165) is 42.6 Å². The molecule has 0 saturated heterocycles. The fourth-order valence-electron chi connectivity index (χ4n) is 5.73. The van der Waals surface area contributed by atoms with Crippen molar-refractivity contribution < 1.29 is 4.79 Å². The van der Waals surface area contributed by atoms with Crippen molar-refractivity contribution >= 4 is 11.8 Å². The monoisotopic (exact) mass is 353 g/mol. The van der Waals surface area contributed by atoms with Crippen LogP contribution in [-0.4, -0.2) is 36.8 Å². The number of rotatable bonds is 4. The van der Waals surface area contributed by atoms with Crippen molar-refractivity contribution in [2.45, 2.75) is 50.6 Å². The molecule has 2 N–H and O–H groups in total. The first-order valence-electron chi connectivity index (χ1n) is 9.41. The van der Waals surface area contributed by atoms with Crippen molar-refractivity contribution in [1.82, 2.24) is 30.5 Å². The van der Waals surface area contributed by atoms with Gasteiger partial charge in [-0.05, 0) is 84.4 Å². The molecule has 0 unspecified atom stereocenters. The number of hydrogen-bond donors (Lipinski definition) is 2. The van der Waals surface area contributed by atoms with Gasteiger partial charge >= 0.3 is 6.03 Å². The van der Waals surface area contributed by atoms with Crippen LogP contribution in [0.3, 0.4) is 0 Å². The van der Waals surface area contributed by atoms with E-state index >= 15 is 0 Å². The van der Waals surface area contributed by atoms with Crippen molar-refractivity contribution in [2.24, 2.45) is 17.8 Å². The van der Waals surface area contributed by atoms with Crippen LogP contribution >= 0.6 is 0 Å². The zero-order chi connectivity index (χ0) is 17.6. The number of anilines is 1. The quantitative estimate of drug-likeness (QED) is 0.878. The highest BCUT2D eigenvalue weighted by Gasteiger charge is 2.51. The Morgan fingerprint density at radius 3 is 2.58 bits per heavy atom. The third kappa shape index (κ3) is 3.04. The fourth-order valence-corrected chi connectivity index (χ4v) is 5.73. The van der Waals surface area contributed by atoms with Gasteiger partial charge in [0.05, 0.1) is 6.54 Å². The number of aromatic nitrogens is 5. The Morgan fingerprint density at radius 1 is 1.19 bits per heavy atom. The van der Waals surface area contributed by atoms with Crippen LogP contribution in [0.1, 0.15) is 44.1 Å². The van der Waals surface area contributed by atoms with Crippen LogP contribution < -0.4 is 10.6 Å². The molecule has 0 spiro atoms. The van der Waals surface area contributed by atoms with Gasteiger partial charge < -0.3 is 5.32 Å². The Bertz CT molecular complexity index is 768. The number of nitrogens with one attached hydrogen (secondary N) is 2. The summed E-state index contributed by atoms with van der Waals surface area (Å²) in [6, 6.07) is 3.61. The van der Waals surface area contributed by atoms with Gasteiger partial charge in [-0.1, -0.05) is 0 Å². The second kappa shape index (κ2) is 6.03. The zero-order valence-corrected chi connectivity index (χ0v) is 14.6. The molecule has 0 atom stereocenters. The summed E-state index contributed by atoms with van der Waals surface area (Å²) in [5.41, 5.74) is 0.987. The molecule has 2 aromatic rings. The molecule has 8 heteroatoms.